The summed E-state index contributed by atoms with van der Waals surface area (Å²) in [6.45, 7) is 3.59. The number of hydrogen-bond donors (Lipinski definition) is 0. The molecule has 0 radical (unpaired) electrons. The molecule has 1 aromatic carbocycles. The number of rotatable bonds is 4. The van der Waals surface area contributed by atoms with Gasteiger partial charge in [0.1, 0.15) is 0 Å². The Morgan fingerprint density at radius 1 is 1.27 bits per heavy atom. The summed E-state index contributed by atoms with van der Waals surface area (Å²) in [5, 5.41) is 0.664. The Morgan fingerprint density at radius 2 is 1.86 bits per heavy atom. The van der Waals surface area contributed by atoms with Gasteiger partial charge < -0.3 is 9.80 Å². The molecule has 118 valence electrons. The molecule has 4 nitrogen and oxygen atoms in total. The van der Waals surface area contributed by atoms with Gasteiger partial charge in [0, 0.05) is 36.9 Å². The summed E-state index contributed by atoms with van der Waals surface area (Å²) < 4.78 is 0. The third-order valence-electron chi connectivity index (χ3n) is 4.10. The molecule has 1 aliphatic carbocycles. The van der Waals surface area contributed by atoms with Crippen molar-refractivity contribution in [2.75, 3.05) is 14.1 Å². The van der Waals surface area contributed by atoms with Crippen LogP contribution in [0.3, 0.4) is 0 Å². The van der Waals surface area contributed by atoms with Crippen LogP contribution >= 0.6 is 11.6 Å². The van der Waals surface area contributed by atoms with Gasteiger partial charge in [-0.2, -0.15) is 0 Å². The molecular weight excluding hydrogens is 298 g/mol. The Labute approximate surface area is 137 Å². The van der Waals surface area contributed by atoms with E-state index in [0.29, 0.717) is 16.8 Å². The maximum absolute atomic E-state index is 12.5. The van der Waals surface area contributed by atoms with Crippen LogP contribution in [-0.4, -0.2) is 42.7 Å². The minimum absolute atomic E-state index is 0.0259. The summed E-state index contributed by atoms with van der Waals surface area (Å²) in [5.74, 6) is 0. The van der Waals surface area contributed by atoms with Gasteiger partial charge in [0.25, 0.3) is 0 Å². The lowest BCUT2D eigenvalue weighted by atomic mass is 10.2. The molecule has 0 heterocycles. The van der Waals surface area contributed by atoms with E-state index in [1.54, 1.807) is 30.3 Å². The van der Waals surface area contributed by atoms with Crippen molar-refractivity contribution in [1.29, 1.82) is 0 Å². The molecule has 22 heavy (non-hydrogen) atoms. The van der Waals surface area contributed by atoms with Crippen molar-refractivity contribution in [1.82, 2.24) is 9.80 Å². The highest BCUT2D eigenvalue weighted by Crippen LogP contribution is 2.24. The lowest BCUT2D eigenvalue weighted by Gasteiger charge is -2.28. The van der Waals surface area contributed by atoms with Gasteiger partial charge in [-0.25, -0.2) is 4.79 Å². The monoisotopic (exact) mass is 319 g/mol. The van der Waals surface area contributed by atoms with Crippen LogP contribution in [0.1, 0.15) is 31.2 Å². The van der Waals surface area contributed by atoms with Gasteiger partial charge in [0.05, 0.1) is 5.70 Å². The van der Waals surface area contributed by atoms with E-state index >= 15 is 0 Å². The molecule has 0 aromatic heterocycles. The number of hydrogen-bond acceptors (Lipinski definition) is 2. The maximum atomic E-state index is 12.5. The van der Waals surface area contributed by atoms with Gasteiger partial charge in [-0.1, -0.05) is 36.6 Å². The number of carbonyl (C=O) groups is 1. The van der Waals surface area contributed by atoms with E-state index in [2.05, 4.69) is 11.7 Å². The number of nitrogens with zero attached hydrogens (tertiary/aromatic N) is 3. The molecule has 0 N–H and O–H groups in total. The van der Waals surface area contributed by atoms with Crippen molar-refractivity contribution in [3.8, 4) is 0 Å². The lowest BCUT2D eigenvalue weighted by Crippen LogP contribution is -2.41. The molecule has 0 atom stereocenters. The molecule has 2 rings (SSSR count). The van der Waals surface area contributed by atoms with Crippen LogP contribution in [0.25, 0.3) is 5.70 Å². The summed E-state index contributed by atoms with van der Waals surface area (Å²) in [4.78, 5) is 19.9. The standard InChI is InChI=1S/C17H22ClN3O/c1-19-16(13-8-10-14(18)11-9-13)12-20(2)17(22)21(3)15-6-4-5-7-15/h8-12,15H,1,4-7H2,2-3H3. The molecule has 0 unspecified atom stereocenters. The number of benzene rings is 1. The fourth-order valence-electron chi connectivity index (χ4n) is 2.76. The normalized spacial score (nSPS) is 15.7. The van der Waals surface area contributed by atoms with E-state index in [0.717, 1.165) is 18.4 Å². The predicted octanol–water partition coefficient (Wildman–Crippen LogP) is 4.27. The highest BCUT2D eigenvalue weighted by Gasteiger charge is 2.25. The van der Waals surface area contributed by atoms with E-state index in [4.69, 9.17) is 11.6 Å². The van der Waals surface area contributed by atoms with Crippen LogP contribution in [0, 0.1) is 0 Å². The summed E-state index contributed by atoms with van der Waals surface area (Å²) in [5.41, 5.74) is 1.52. The van der Waals surface area contributed by atoms with Gasteiger partial charge in [-0.05, 0) is 31.7 Å². The molecule has 1 aliphatic rings. The number of carbonyl (C=O) groups excluding carboxylic acids is 1. The van der Waals surface area contributed by atoms with Gasteiger partial charge in [-0.3, -0.25) is 4.99 Å². The Kier molecular flexibility index (Phi) is 5.61. The molecule has 5 heteroatoms. The number of halogens is 1. The minimum Gasteiger partial charge on any atom is -0.324 e. The molecule has 2 amide bonds. The largest absolute Gasteiger partial charge is 0.324 e. The zero-order valence-corrected chi connectivity index (χ0v) is 13.9. The van der Waals surface area contributed by atoms with Gasteiger partial charge >= 0.3 is 6.03 Å². The summed E-state index contributed by atoms with van der Waals surface area (Å²) in [6, 6.07) is 7.63. The topological polar surface area (TPSA) is 35.9 Å². The zero-order chi connectivity index (χ0) is 16.1. The minimum atomic E-state index is -0.0259. The second kappa shape index (κ2) is 7.45. The van der Waals surface area contributed by atoms with Crippen LogP contribution in [-0.2, 0) is 0 Å². The van der Waals surface area contributed by atoms with Crippen molar-refractivity contribution in [3.05, 3.63) is 41.1 Å². The van der Waals surface area contributed by atoms with Crippen molar-refractivity contribution in [2.24, 2.45) is 4.99 Å². The molecule has 1 aromatic rings. The van der Waals surface area contributed by atoms with Gasteiger partial charge in [-0.15, -0.1) is 0 Å². The summed E-state index contributed by atoms with van der Waals surface area (Å²) in [6.07, 6.45) is 6.29. The number of aliphatic imine (C=N–C) groups is 1. The SMILES string of the molecule is C=NC(=CN(C)C(=O)N(C)C1CCCC1)c1ccc(Cl)cc1. The van der Waals surface area contributed by atoms with Crippen molar-refractivity contribution in [2.45, 2.75) is 31.7 Å². The van der Waals surface area contributed by atoms with E-state index in [1.165, 1.54) is 12.8 Å². The second-order valence-electron chi connectivity index (χ2n) is 5.62. The van der Waals surface area contributed by atoms with Crippen LogP contribution in [0.2, 0.25) is 5.02 Å². The number of amides is 2. The third-order valence-corrected chi connectivity index (χ3v) is 4.35. The molecule has 1 fully saturated rings. The predicted molar refractivity (Wildman–Crippen MR) is 92.2 cm³/mol. The van der Waals surface area contributed by atoms with E-state index in [9.17, 15) is 4.79 Å². The van der Waals surface area contributed by atoms with Gasteiger partial charge in [0.2, 0.25) is 0 Å². The van der Waals surface area contributed by atoms with E-state index < -0.39 is 0 Å². The Morgan fingerprint density at radius 3 is 2.41 bits per heavy atom. The quantitative estimate of drug-likeness (QED) is 0.764. The van der Waals surface area contributed by atoms with Crippen LogP contribution in [0.15, 0.2) is 35.5 Å². The van der Waals surface area contributed by atoms with Crippen LogP contribution in [0.5, 0.6) is 0 Å². The highest BCUT2D eigenvalue weighted by molar-refractivity contribution is 6.30. The molecule has 0 spiro atoms. The maximum Gasteiger partial charge on any atom is 0.323 e. The average molecular weight is 320 g/mol. The van der Waals surface area contributed by atoms with Crippen molar-refractivity contribution in [3.63, 3.8) is 0 Å². The fraction of sp³-hybridized carbons (Fsp3) is 0.412. The molecule has 0 bridgehead atoms. The first-order valence-corrected chi connectivity index (χ1v) is 7.85. The summed E-state index contributed by atoms with van der Waals surface area (Å²) in [7, 11) is 3.61. The lowest BCUT2D eigenvalue weighted by molar-refractivity contribution is 0.169. The van der Waals surface area contributed by atoms with Crippen LogP contribution < -0.4 is 0 Å². The highest BCUT2D eigenvalue weighted by atomic mass is 35.5. The molecular formula is C17H22ClN3O. The first-order chi connectivity index (χ1) is 10.5. The van der Waals surface area contributed by atoms with Gasteiger partial charge in [0.15, 0.2) is 0 Å². The Bertz CT molecular complexity index is 562. The average Bonchev–Trinajstić information content (AvgIpc) is 3.06. The molecule has 0 aliphatic heterocycles. The van der Waals surface area contributed by atoms with Crippen LogP contribution in [0.4, 0.5) is 4.79 Å². The number of urea groups is 1. The third kappa shape index (κ3) is 3.89. The second-order valence-corrected chi connectivity index (χ2v) is 6.06. The fourth-order valence-corrected chi connectivity index (χ4v) is 2.89. The van der Waals surface area contributed by atoms with Crippen molar-refractivity contribution < 1.29 is 4.79 Å². The first-order valence-electron chi connectivity index (χ1n) is 7.47. The molecule has 1 saturated carbocycles. The van der Waals surface area contributed by atoms with E-state index in [-0.39, 0.29) is 6.03 Å². The van der Waals surface area contributed by atoms with Crippen molar-refractivity contribution >= 4 is 30.0 Å². The first kappa shape index (κ1) is 16.6. The smallest absolute Gasteiger partial charge is 0.323 e. The zero-order valence-electron chi connectivity index (χ0n) is 13.1. The Hall–Kier alpha value is -1.81. The van der Waals surface area contributed by atoms with E-state index in [1.807, 2.05) is 24.1 Å². The Balaban J connectivity index is 2.12. The molecule has 0 saturated heterocycles. The summed E-state index contributed by atoms with van der Waals surface area (Å²) >= 11 is 5.89.